The molecule has 0 saturated carbocycles. The highest BCUT2D eigenvalue weighted by molar-refractivity contribution is 6.17. The fourth-order valence-corrected chi connectivity index (χ4v) is 16.3. The third-order valence-electron chi connectivity index (χ3n) is 20.5. The quantitative estimate of drug-likeness (QED) is 0.147. The van der Waals surface area contributed by atoms with Gasteiger partial charge in [-0.2, -0.15) is 31.6 Å². The van der Waals surface area contributed by atoms with E-state index in [2.05, 4.69) is 194 Å². The molecule has 0 bridgehead atoms. The van der Waals surface area contributed by atoms with Crippen LogP contribution >= 0.6 is 0 Å². The Labute approximate surface area is 564 Å². The summed E-state index contributed by atoms with van der Waals surface area (Å²) in [6.45, 7) is 0. The van der Waals surface area contributed by atoms with Gasteiger partial charge in [0.05, 0.1) is 88.7 Å². The third-order valence-corrected chi connectivity index (χ3v) is 20.5. The van der Waals surface area contributed by atoms with E-state index in [-0.39, 0.29) is 28.6 Å². The molecule has 0 spiro atoms. The van der Waals surface area contributed by atoms with Gasteiger partial charge in [0.2, 0.25) is 0 Å². The minimum Gasteiger partial charge on any atom is -0.309 e. The Morgan fingerprint density at radius 3 is 0.730 bits per heavy atom. The minimum atomic E-state index is -5.28. The van der Waals surface area contributed by atoms with E-state index >= 15 is 13.2 Å². The second-order valence-corrected chi connectivity index (χ2v) is 25.7. The third kappa shape index (κ3) is 8.22. The second-order valence-electron chi connectivity index (χ2n) is 25.7. The molecule has 0 aliphatic rings. The van der Waals surface area contributed by atoms with E-state index in [0.717, 1.165) is 138 Å². The predicted octanol–water partition coefficient (Wildman–Crippen LogP) is 23.8. The Morgan fingerprint density at radius 1 is 0.240 bits per heavy atom. The molecule has 474 valence electrons. The molecular weight excluding hydrogens is 1260 g/mol. The fourth-order valence-electron chi connectivity index (χ4n) is 16.3. The summed E-state index contributed by atoms with van der Waals surface area (Å²) in [6, 6.07) is 97.8. The topological polar surface area (TPSA) is 53.4 Å². The first-order valence-electron chi connectivity index (χ1n) is 32.8. The van der Waals surface area contributed by atoms with Crippen molar-refractivity contribution in [2.45, 2.75) is 12.4 Å². The number of halogens is 6. The van der Waals surface area contributed by atoms with Crippen molar-refractivity contribution in [1.82, 2.24) is 27.4 Å². The maximum Gasteiger partial charge on any atom is 0.417 e. The molecule has 0 N–H and O–H groups in total. The van der Waals surface area contributed by atoms with E-state index in [1.54, 1.807) is 12.1 Å². The zero-order valence-electron chi connectivity index (χ0n) is 52.7. The highest BCUT2D eigenvalue weighted by Gasteiger charge is 2.39. The largest absolute Gasteiger partial charge is 0.417 e. The van der Waals surface area contributed by atoms with Crippen LogP contribution in [0.2, 0.25) is 0 Å². The molecule has 0 amide bonds. The van der Waals surface area contributed by atoms with Crippen molar-refractivity contribution in [1.29, 1.82) is 5.26 Å². The molecule has 0 atom stereocenters. The van der Waals surface area contributed by atoms with Gasteiger partial charge in [-0.25, -0.2) is 0 Å². The lowest BCUT2D eigenvalue weighted by Crippen LogP contribution is -2.12. The first-order valence-corrected chi connectivity index (χ1v) is 32.8. The van der Waals surface area contributed by atoms with Crippen LogP contribution in [-0.4, -0.2) is 27.4 Å². The molecule has 0 radical (unpaired) electrons. The van der Waals surface area contributed by atoms with Crippen LogP contribution < -0.4 is 0 Å². The van der Waals surface area contributed by atoms with Crippen molar-refractivity contribution in [2.75, 3.05) is 0 Å². The van der Waals surface area contributed by atoms with E-state index in [1.165, 1.54) is 0 Å². The zero-order valence-corrected chi connectivity index (χ0v) is 52.7. The number of hydrogen-bond donors (Lipinski definition) is 0. The van der Waals surface area contributed by atoms with Gasteiger partial charge in [0.25, 0.3) is 0 Å². The van der Waals surface area contributed by atoms with Crippen LogP contribution in [0.3, 0.4) is 0 Å². The Kier molecular flexibility index (Phi) is 12.0. The van der Waals surface area contributed by atoms with E-state index < -0.39 is 29.0 Å². The van der Waals surface area contributed by atoms with Crippen molar-refractivity contribution in [2.24, 2.45) is 0 Å². The summed E-state index contributed by atoms with van der Waals surface area (Å²) in [5, 5.41) is 24.0. The molecule has 6 heterocycles. The number of nitrogens with zero attached hydrogens (tertiary/aromatic N) is 7. The summed E-state index contributed by atoms with van der Waals surface area (Å²) in [4.78, 5) is 0. The van der Waals surface area contributed by atoms with Gasteiger partial charge in [-0.05, 0) is 132 Å². The van der Waals surface area contributed by atoms with Crippen molar-refractivity contribution >= 4 is 131 Å². The number of para-hydroxylation sites is 8. The normalized spacial score (nSPS) is 12.5. The van der Waals surface area contributed by atoms with Gasteiger partial charge in [0, 0.05) is 87.4 Å². The molecule has 0 unspecified atom stereocenters. The summed E-state index contributed by atoms with van der Waals surface area (Å²) >= 11 is 0. The van der Waals surface area contributed by atoms with E-state index in [4.69, 9.17) is 0 Å². The molecule has 0 fully saturated rings. The summed E-state index contributed by atoms with van der Waals surface area (Å²) in [5.41, 5.74) is 9.98. The van der Waals surface area contributed by atoms with E-state index in [0.29, 0.717) is 28.1 Å². The van der Waals surface area contributed by atoms with Crippen LogP contribution in [0.1, 0.15) is 16.7 Å². The van der Waals surface area contributed by atoms with Crippen LogP contribution in [0.4, 0.5) is 26.3 Å². The lowest BCUT2D eigenvalue weighted by atomic mass is 9.94. The lowest BCUT2D eigenvalue weighted by molar-refractivity contribution is -0.142. The van der Waals surface area contributed by atoms with Crippen molar-refractivity contribution < 1.29 is 26.3 Å². The molecule has 14 aromatic carbocycles. The molecule has 0 aliphatic carbocycles. The molecule has 13 heteroatoms. The van der Waals surface area contributed by atoms with Crippen molar-refractivity contribution in [3.8, 4) is 51.3 Å². The smallest absolute Gasteiger partial charge is 0.309 e. The minimum absolute atomic E-state index is 0.0794. The Bertz CT molecular complexity index is 6050. The highest BCUT2D eigenvalue weighted by Crippen LogP contribution is 2.48. The van der Waals surface area contributed by atoms with E-state index in [9.17, 15) is 18.4 Å². The monoisotopic (exact) mass is 1310 g/mol. The number of hydrogen-bond acceptors (Lipinski definition) is 1. The average molecular weight is 1310 g/mol. The highest BCUT2D eigenvalue weighted by atomic mass is 19.4. The molecule has 20 rings (SSSR count). The first-order chi connectivity index (χ1) is 48.9. The van der Waals surface area contributed by atoms with Crippen LogP contribution in [-0.2, 0) is 12.4 Å². The SMILES string of the molecule is N#Cc1c(-n2c3cc(-n4c5ccccc5c5ccccc54)ccc3c3ccc(-n4c5ccccc5c5ccccc54)cc32)cc(-c2ccc(C(F)(F)F)cc2C(F)(F)F)cc1-n1c2cc(-n3c4ccccc4c4ccccc43)ccc2c2ccc(-n3c4ccccc4c4ccccc43)cc21. The number of fused-ring (bicyclic) bond motifs is 18. The van der Waals surface area contributed by atoms with Gasteiger partial charge < -0.3 is 27.4 Å². The number of aromatic nitrogens is 6. The molecule has 0 aliphatic heterocycles. The van der Waals surface area contributed by atoms with Gasteiger partial charge in [-0.1, -0.05) is 176 Å². The molecule has 6 aromatic heterocycles. The Morgan fingerprint density at radius 2 is 0.490 bits per heavy atom. The first kappa shape index (κ1) is 57.2. The van der Waals surface area contributed by atoms with Crippen molar-refractivity contribution in [3.63, 3.8) is 0 Å². The fraction of sp³-hybridized carbons (Fsp3) is 0.0230. The van der Waals surface area contributed by atoms with Crippen LogP contribution in [0, 0.1) is 11.3 Å². The lowest BCUT2D eigenvalue weighted by Gasteiger charge is -2.21. The maximum atomic E-state index is 16.2. The van der Waals surface area contributed by atoms with E-state index in [1.807, 2.05) is 106 Å². The van der Waals surface area contributed by atoms with Gasteiger partial charge in [0.1, 0.15) is 11.6 Å². The summed E-state index contributed by atoms with van der Waals surface area (Å²) < 4.78 is 106. The zero-order chi connectivity index (χ0) is 67.0. The molecule has 0 saturated heterocycles. The molecule has 20 aromatic rings. The Balaban J connectivity index is 0.960. The summed E-state index contributed by atoms with van der Waals surface area (Å²) in [5.74, 6) is 0. The number of nitriles is 1. The standard InChI is InChI=1S/C87H49F6N7/c88-86(89,90)52-33-38-57(71(45-52)87(91,92)93)51-43-80(99-82-46-53(95-72-25-9-1-17-58(72)59-18-2-10-26-73(59)95)34-39-66(82)67-40-35-54(47-83(67)99)96-74-27-11-3-19-60(74)61-20-4-12-28-75(61)96)70(50-94)81(44-51)100-84-48-55(97-76-29-13-5-21-62(76)63-22-6-14-30-77(63)97)36-41-68(84)69-42-37-56(49-85(69)100)98-78-31-15-7-23-64(78)65-24-8-16-32-79(65)98/h1-49H. The second kappa shape index (κ2) is 21.0. The molecule has 100 heavy (non-hydrogen) atoms. The maximum absolute atomic E-state index is 16.2. The summed E-state index contributed by atoms with van der Waals surface area (Å²) in [7, 11) is 0. The van der Waals surface area contributed by atoms with Gasteiger partial charge in [-0.3, -0.25) is 0 Å². The van der Waals surface area contributed by atoms with Crippen molar-refractivity contribution in [3.05, 3.63) is 314 Å². The van der Waals surface area contributed by atoms with Gasteiger partial charge in [0.15, 0.2) is 0 Å². The number of benzene rings is 14. The molecular formula is C87H49F6N7. The molecule has 7 nitrogen and oxygen atoms in total. The van der Waals surface area contributed by atoms with Gasteiger partial charge in [-0.15, -0.1) is 0 Å². The number of alkyl halides is 6. The van der Waals surface area contributed by atoms with Gasteiger partial charge >= 0.3 is 12.4 Å². The van der Waals surface area contributed by atoms with Crippen LogP contribution in [0.15, 0.2) is 297 Å². The summed E-state index contributed by atoms with van der Waals surface area (Å²) in [6.07, 6.45) is -10.4. The Hall–Kier alpha value is -13.1. The predicted molar refractivity (Wildman–Crippen MR) is 393 cm³/mol. The average Bonchev–Trinajstić information content (AvgIpc) is 1.54. The number of rotatable bonds is 7. The van der Waals surface area contributed by atoms with Crippen LogP contribution in [0.5, 0.6) is 0 Å². The van der Waals surface area contributed by atoms with Crippen LogP contribution in [0.25, 0.3) is 176 Å².